The number of thiazole rings is 1. The van der Waals surface area contributed by atoms with Gasteiger partial charge < -0.3 is 10.6 Å². The molecule has 0 fully saturated rings. The van der Waals surface area contributed by atoms with Gasteiger partial charge in [-0.2, -0.15) is 13.2 Å². The van der Waals surface area contributed by atoms with Crippen molar-refractivity contribution < 1.29 is 18.0 Å². The van der Waals surface area contributed by atoms with E-state index >= 15 is 0 Å². The molecule has 9 heteroatoms. The van der Waals surface area contributed by atoms with E-state index in [0.29, 0.717) is 16.4 Å². The molecule has 2 N–H and O–H groups in total. The number of carbonyl (C=O) groups is 1. The van der Waals surface area contributed by atoms with E-state index in [0.717, 1.165) is 22.6 Å². The number of hydrogen-bond acceptors (Lipinski definition) is 5. The van der Waals surface area contributed by atoms with Crippen molar-refractivity contribution in [3.8, 4) is 11.3 Å². The van der Waals surface area contributed by atoms with Crippen LogP contribution in [0.25, 0.3) is 11.3 Å². The SMILES string of the molecule is O=C(NCc1sc(Nc2cccc(C(F)(F)F)c2)nc1-c1cccnc1)c1ccccc1. The van der Waals surface area contributed by atoms with Crippen molar-refractivity contribution in [2.45, 2.75) is 12.7 Å². The summed E-state index contributed by atoms with van der Waals surface area (Å²) in [5.74, 6) is -0.233. The van der Waals surface area contributed by atoms with Crippen LogP contribution in [0, 0.1) is 0 Å². The lowest BCUT2D eigenvalue weighted by Crippen LogP contribution is -2.22. The van der Waals surface area contributed by atoms with Crippen molar-refractivity contribution in [3.05, 3.63) is 95.1 Å². The Hall–Kier alpha value is -3.72. The van der Waals surface area contributed by atoms with E-state index in [-0.39, 0.29) is 18.1 Å². The fourth-order valence-corrected chi connectivity index (χ4v) is 3.95. The molecule has 2 heterocycles. The number of pyridine rings is 1. The monoisotopic (exact) mass is 454 g/mol. The molecule has 5 nitrogen and oxygen atoms in total. The quantitative estimate of drug-likeness (QED) is 0.381. The van der Waals surface area contributed by atoms with Gasteiger partial charge in [-0.3, -0.25) is 9.78 Å². The van der Waals surface area contributed by atoms with Gasteiger partial charge in [-0.1, -0.05) is 35.6 Å². The van der Waals surface area contributed by atoms with E-state index in [9.17, 15) is 18.0 Å². The van der Waals surface area contributed by atoms with Crippen LogP contribution in [-0.4, -0.2) is 15.9 Å². The van der Waals surface area contributed by atoms with E-state index in [2.05, 4.69) is 20.6 Å². The number of carbonyl (C=O) groups excluding carboxylic acids is 1. The molecule has 162 valence electrons. The van der Waals surface area contributed by atoms with E-state index in [1.165, 1.54) is 23.5 Å². The Bertz CT molecular complexity index is 1210. The number of aromatic nitrogens is 2. The van der Waals surface area contributed by atoms with Gasteiger partial charge in [0.2, 0.25) is 0 Å². The Balaban J connectivity index is 1.59. The molecule has 4 rings (SSSR count). The minimum Gasteiger partial charge on any atom is -0.347 e. The Kier molecular flexibility index (Phi) is 6.18. The lowest BCUT2D eigenvalue weighted by Gasteiger charge is -2.08. The molecule has 0 radical (unpaired) electrons. The summed E-state index contributed by atoms with van der Waals surface area (Å²) in [6, 6.07) is 17.3. The second kappa shape index (κ2) is 9.19. The minimum atomic E-state index is -4.44. The van der Waals surface area contributed by atoms with Gasteiger partial charge in [0.1, 0.15) is 0 Å². The van der Waals surface area contributed by atoms with Crippen molar-refractivity contribution >= 4 is 28.1 Å². The predicted molar refractivity (Wildman–Crippen MR) is 118 cm³/mol. The van der Waals surface area contributed by atoms with Gasteiger partial charge in [-0.15, -0.1) is 0 Å². The maximum absolute atomic E-state index is 13.0. The number of hydrogen-bond donors (Lipinski definition) is 2. The first kappa shape index (κ1) is 21.5. The van der Waals surface area contributed by atoms with Crippen LogP contribution >= 0.6 is 11.3 Å². The molecular formula is C23H17F3N4OS. The van der Waals surface area contributed by atoms with Crippen molar-refractivity contribution in [2.75, 3.05) is 5.32 Å². The smallest absolute Gasteiger partial charge is 0.347 e. The fourth-order valence-electron chi connectivity index (χ4n) is 3.00. The van der Waals surface area contributed by atoms with E-state index < -0.39 is 11.7 Å². The van der Waals surface area contributed by atoms with Crippen LogP contribution in [0.3, 0.4) is 0 Å². The van der Waals surface area contributed by atoms with Gasteiger partial charge in [0.25, 0.3) is 5.91 Å². The van der Waals surface area contributed by atoms with Gasteiger partial charge in [0, 0.05) is 29.2 Å². The Morgan fingerprint density at radius 3 is 2.53 bits per heavy atom. The zero-order chi connectivity index (χ0) is 22.6. The van der Waals surface area contributed by atoms with E-state index in [1.54, 1.807) is 42.7 Å². The third-order valence-corrected chi connectivity index (χ3v) is 5.49. The number of halogens is 3. The minimum absolute atomic E-state index is 0.208. The summed E-state index contributed by atoms with van der Waals surface area (Å²) >= 11 is 1.25. The number of amides is 1. The van der Waals surface area contributed by atoms with Crippen LogP contribution in [-0.2, 0) is 12.7 Å². The first-order valence-corrected chi connectivity index (χ1v) is 10.4. The van der Waals surface area contributed by atoms with Crippen molar-refractivity contribution in [2.24, 2.45) is 0 Å². The van der Waals surface area contributed by atoms with Gasteiger partial charge in [0.15, 0.2) is 5.13 Å². The Morgan fingerprint density at radius 2 is 1.81 bits per heavy atom. The van der Waals surface area contributed by atoms with Gasteiger partial charge in [-0.25, -0.2) is 4.98 Å². The Labute approximate surface area is 186 Å². The molecule has 0 bridgehead atoms. The number of anilines is 2. The first-order chi connectivity index (χ1) is 15.4. The molecule has 0 aliphatic rings. The zero-order valence-corrected chi connectivity index (χ0v) is 17.4. The largest absolute Gasteiger partial charge is 0.416 e. The van der Waals surface area contributed by atoms with Crippen LogP contribution in [0.15, 0.2) is 79.1 Å². The fraction of sp³-hybridized carbons (Fsp3) is 0.0870. The van der Waals surface area contributed by atoms with Gasteiger partial charge in [0.05, 0.1) is 22.7 Å². The second-order valence-electron chi connectivity index (χ2n) is 6.78. The highest BCUT2D eigenvalue weighted by atomic mass is 32.1. The average molecular weight is 454 g/mol. The highest BCUT2D eigenvalue weighted by molar-refractivity contribution is 7.16. The zero-order valence-electron chi connectivity index (χ0n) is 16.6. The van der Waals surface area contributed by atoms with Crippen LogP contribution in [0.2, 0.25) is 0 Å². The number of nitrogens with zero attached hydrogens (tertiary/aromatic N) is 2. The molecule has 0 saturated heterocycles. The summed E-state index contributed by atoms with van der Waals surface area (Å²) in [7, 11) is 0. The highest BCUT2D eigenvalue weighted by Crippen LogP contribution is 2.34. The van der Waals surface area contributed by atoms with Crippen LogP contribution in [0.5, 0.6) is 0 Å². The number of alkyl halides is 3. The summed E-state index contributed by atoms with van der Waals surface area (Å²) in [6.07, 6.45) is -1.16. The first-order valence-electron chi connectivity index (χ1n) is 9.58. The molecule has 32 heavy (non-hydrogen) atoms. The maximum atomic E-state index is 13.0. The van der Waals surface area contributed by atoms with Crippen molar-refractivity contribution in [1.82, 2.24) is 15.3 Å². The molecular weight excluding hydrogens is 437 g/mol. The van der Waals surface area contributed by atoms with Crippen molar-refractivity contribution in [1.29, 1.82) is 0 Å². The molecule has 4 aromatic rings. The molecule has 0 unspecified atom stereocenters. The van der Waals surface area contributed by atoms with Crippen LogP contribution in [0.1, 0.15) is 20.8 Å². The standard InChI is InChI=1S/C23H17F3N4OS/c24-23(25,26)17-9-4-10-18(12-17)29-22-30-20(16-8-5-11-27-13-16)19(32-22)14-28-21(31)15-6-2-1-3-7-15/h1-13H,14H2,(H,28,31)(H,29,30). The van der Waals surface area contributed by atoms with E-state index in [4.69, 9.17) is 0 Å². The predicted octanol–water partition coefficient (Wildman–Crippen LogP) is 5.90. The summed E-state index contributed by atoms with van der Waals surface area (Å²) in [5.41, 5.74) is 1.39. The van der Waals surface area contributed by atoms with Crippen LogP contribution in [0.4, 0.5) is 24.0 Å². The molecule has 0 aliphatic heterocycles. The van der Waals surface area contributed by atoms with Gasteiger partial charge in [-0.05, 0) is 42.5 Å². The number of benzene rings is 2. The van der Waals surface area contributed by atoms with Crippen LogP contribution < -0.4 is 10.6 Å². The van der Waals surface area contributed by atoms with Crippen molar-refractivity contribution in [3.63, 3.8) is 0 Å². The lowest BCUT2D eigenvalue weighted by atomic mass is 10.2. The molecule has 0 atom stereocenters. The molecule has 2 aromatic heterocycles. The number of nitrogens with one attached hydrogen (secondary N) is 2. The molecule has 0 aliphatic carbocycles. The lowest BCUT2D eigenvalue weighted by molar-refractivity contribution is -0.137. The topological polar surface area (TPSA) is 66.9 Å². The van der Waals surface area contributed by atoms with E-state index in [1.807, 2.05) is 12.1 Å². The van der Waals surface area contributed by atoms with Gasteiger partial charge >= 0.3 is 6.18 Å². The maximum Gasteiger partial charge on any atom is 0.416 e. The summed E-state index contributed by atoms with van der Waals surface area (Å²) in [6.45, 7) is 0.208. The molecule has 2 aromatic carbocycles. The summed E-state index contributed by atoms with van der Waals surface area (Å²) in [4.78, 5) is 21.8. The summed E-state index contributed by atoms with van der Waals surface area (Å²) in [5, 5.41) is 6.22. The molecule has 0 spiro atoms. The molecule has 0 saturated carbocycles. The third-order valence-electron chi connectivity index (χ3n) is 4.52. The summed E-state index contributed by atoms with van der Waals surface area (Å²) < 4.78 is 39.1. The Morgan fingerprint density at radius 1 is 1.00 bits per heavy atom. The highest BCUT2D eigenvalue weighted by Gasteiger charge is 2.30. The normalized spacial score (nSPS) is 11.2. The molecule has 1 amide bonds. The number of rotatable bonds is 6. The average Bonchev–Trinajstić information content (AvgIpc) is 3.21. The second-order valence-corrected chi connectivity index (χ2v) is 7.87. The third kappa shape index (κ3) is 5.12.